The Balaban J connectivity index is 0.000000179. The predicted octanol–water partition coefficient (Wildman–Crippen LogP) is 8.53. The maximum atomic E-state index is 6.06. The Kier molecular flexibility index (Phi) is 7.48. The summed E-state index contributed by atoms with van der Waals surface area (Å²) in [6, 6.07) is 28.5. The number of aromatic nitrogens is 3. The van der Waals surface area contributed by atoms with Crippen LogP contribution in [0.1, 0.15) is 16.8 Å². The first-order chi connectivity index (χ1) is 18.1. The van der Waals surface area contributed by atoms with Crippen molar-refractivity contribution < 1.29 is 24.5 Å². The van der Waals surface area contributed by atoms with Crippen molar-refractivity contribution in [3.8, 4) is 22.5 Å². The zero-order chi connectivity index (χ0) is 25.4. The summed E-state index contributed by atoms with van der Waals surface area (Å²) in [5.41, 5.74) is 8.65. The molecule has 7 aromatic rings. The quantitative estimate of drug-likeness (QED) is 0.171. The predicted molar refractivity (Wildman–Crippen MR) is 152 cm³/mol. The number of pyridine rings is 3. The van der Waals surface area contributed by atoms with E-state index >= 15 is 0 Å². The monoisotopic (exact) mass is 690 g/mol. The topological polar surface area (TPSA) is 51.8 Å². The Labute approximate surface area is 238 Å². The van der Waals surface area contributed by atoms with Gasteiger partial charge in [0.2, 0.25) is 5.71 Å². The van der Waals surface area contributed by atoms with Crippen LogP contribution in [0.4, 0.5) is 0 Å². The van der Waals surface area contributed by atoms with Gasteiger partial charge in [-0.3, -0.25) is 0 Å². The summed E-state index contributed by atoms with van der Waals surface area (Å²) in [7, 11) is 0. The van der Waals surface area contributed by atoms with Crippen LogP contribution < -0.4 is 0 Å². The van der Waals surface area contributed by atoms with Crippen molar-refractivity contribution in [1.29, 1.82) is 0 Å². The van der Waals surface area contributed by atoms with Crippen LogP contribution >= 0.6 is 11.3 Å². The molecule has 0 saturated carbocycles. The summed E-state index contributed by atoms with van der Waals surface area (Å²) in [5.74, 6) is 0. The fourth-order valence-electron chi connectivity index (χ4n) is 4.28. The molecular weight excluding hydrogens is 667 g/mol. The molecule has 0 fully saturated rings. The van der Waals surface area contributed by atoms with Gasteiger partial charge in [-0.05, 0) is 66.2 Å². The second kappa shape index (κ2) is 11.0. The van der Waals surface area contributed by atoms with E-state index in [1.165, 1.54) is 21.2 Å². The molecule has 2 aromatic carbocycles. The van der Waals surface area contributed by atoms with E-state index in [1.54, 1.807) is 11.3 Å². The molecule has 0 N–H and O–H groups in total. The van der Waals surface area contributed by atoms with Gasteiger partial charge in [-0.1, -0.05) is 29.1 Å². The van der Waals surface area contributed by atoms with E-state index in [2.05, 4.69) is 57.6 Å². The second-order valence-corrected chi connectivity index (χ2v) is 9.90. The zero-order valence-electron chi connectivity index (χ0n) is 21.1. The minimum Gasteiger partial charge on any atom is -0.486 e. The van der Waals surface area contributed by atoms with Crippen LogP contribution in [-0.2, 0) is 20.1 Å². The summed E-state index contributed by atoms with van der Waals surface area (Å²) in [6.45, 7) is 6.13. The van der Waals surface area contributed by atoms with E-state index < -0.39 is 0 Å². The van der Waals surface area contributed by atoms with Crippen LogP contribution in [-0.4, -0.2) is 15.0 Å². The van der Waals surface area contributed by atoms with Crippen molar-refractivity contribution in [2.75, 3.05) is 0 Å². The Morgan fingerprint density at radius 3 is 2.45 bits per heavy atom. The molecule has 0 aliphatic carbocycles. The standard InChI is InChI=1S/C20H13N2OS.C12H10N.Ir/c1-11-10-24-18-9-21-17(8-16(11)18)15-5-3-4-13-14-7-6-12(2)22-20(14)23-19(13)15;1-10-7-8-12(13-9-10)11-5-3-2-4-6-11;/h3-4,6-10H,1-2H3;2-5,7-9H,1H3;/q2*-1;. The van der Waals surface area contributed by atoms with E-state index in [9.17, 15) is 0 Å². The van der Waals surface area contributed by atoms with Gasteiger partial charge in [0.05, 0.1) is 10.3 Å². The smallest absolute Gasteiger partial charge is 0.216 e. The zero-order valence-corrected chi connectivity index (χ0v) is 24.3. The van der Waals surface area contributed by atoms with E-state index in [-0.39, 0.29) is 20.1 Å². The maximum Gasteiger partial charge on any atom is 0.216 e. The Morgan fingerprint density at radius 2 is 1.66 bits per heavy atom. The van der Waals surface area contributed by atoms with Gasteiger partial charge in [-0.25, -0.2) is 4.98 Å². The molecule has 0 aliphatic heterocycles. The number of hydrogen-bond acceptors (Lipinski definition) is 5. The van der Waals surface area contributed by atoms with Gasteiger partial charge in [0.25, 0.3) is 0 Å². The normalized spacial score (nSPS) is 10.8. The summed E-state index contributed by atoms with van der Waals surface area (Å²) in [4.78, 5) is 13.4. The fourth-order valence-corrected chi connectivity index (χ4v) is 5.17. The van der Waals surface area contributed by atoms with Gasteiger partial charge in [-0.15, -0.1) is 65.4 Å². The first-order valence-corrected chi connectivity index (χ1v) is 12.9. The van der Waals surface area contributed by atoms with Gasteiger partial charge in [0.1, 0.15) is 0 Å². The average Bonchev–Trinajstić information content (AvgIpc) is 3.49. The molecule has 0 unspecified atom stereocenters. The third-order valence-corrected chi connectivity index (χ3v) is 7.30. The summed E-state index contributed by atoms with van der Waals surface area (Å²) < 4.78 is 7.26. The number of nitrogens with zero attached hydrogens (tertiary/aromatic N) is 3. The molecule has 0 atom stereocenters. The van der Waals surface area contributed by atoms with E-state index in [1.807, 2.05) is 74.8 Å². The van der Waals surface area contributed by atoms with Crippen LogP contribution in [0.25, 0.3) is 54.7 Å². The van der Waals surface area contributed by atoms with Crippen molar-refractivity contribution >= 4 is 43.5 Å². The van der Waals surface area contributed by atoms with Crippen LogP contribution in [0.15, 0.2) is 88.9 Å². The molecule has 5 heterocycles. The largest absolute Gasteiger partial charge is 0.486 e. The number of rotatable bonds is 2. The van der Waals surface area contributed by atoms with Crippen LogP contribution in [0, 0.1) is 32.9 Å². The van der Waals surface area contributed by atoms with E-state index in [0.717, 1.165) is 44.6 Å². The third-order valence-electron chi connectivity index (χ3n) is 6.25. The minimum atomic E-state index is 0. The SMILES string of the molecule is Cc1ccc(-c2[c-]cccc2)nc1.Cc1ccc2c(n1)oc1c(-c3cc4c(C)csc4cn3)[c-]ccc12.[Ir]. The van der Waals surface area contributed by atoms with Crippen molar-refractivity contribution in [3.05, 3.63) is 113 Å². The number of hydrogen-bond donors (Lipinski definition) is 0. The molecule has 0 amide bonds. The fraction of sp³-hybridized carbons (Fsp3) is 0.0938. The molecule has 4 nitrogen and oxygen atoms in total. The number of fused-ring (bicyclic) bond motifs is 4. The van der Waals surface area contributed by atoms with Crippen LogP contribution in [0.5, 0.6) is 0 Å². The van der Waals surface area contributed by atoms with E-state index in [4.69, 9.17) is 4.42 Å². The number of aryl methyl sites for hydroxylation is 3. The Hall–Kier alpha value is -3.70. The van der Waals surface area contributed by atoms with Crippen molar-refractivity contribution in [2.24, 2.45) is 0 Å². The van der Waals surface area contributed by atoms with Crippen molar-refractivity contribution in [1.82, 2.24) is 15.0 Å². The molecule has 6 heteroatoms. The Bertz CT molecular complexity index is 1860. The van der Waals surface area contributed by atoms with Crippen molar-refractivity contribution in [3.63, 3.8) is 0 Å². The number of benzene rings is 2. The molecule has 0 aliphatic rings. The van der Waals surface area contributed by atoms with E-state index in [0.29, 0.717) is 5.71 Å². The molecule has 0 saturated heterocycles. The molecule has 0 spiro atoms. The molecule has 0 bridgehead atoms. The molecule has 1 radical (unpaired) electrons. The molecule has 38 heavy (non-hydrogen) atoms. The Morgan fingerprint density at radius 1 is 0.789 bits per heavy atom. The number of furan rings is 1. The van der Waals surface area contributed by atoms with Crippen LogP contribution in [0.3, 0.4) is 0 Å². The third kappa shape index (κ3) is 5.03. The van der Waals surface area contributed by atoms with Crippen molar-refractivity contribution in [2.45, 2.75) is 20.8 Å². The molecule has 189 valence electrons. The van der Waals surface area contributed by atoms with Gasteiger partial charge in [0.15, 0.2) is 0 Å². The number of thiophene rings is 1. The van der Waals surface area contributed by atoms with Crippen LogP contribution in [0.2, 0.25) is 0 Å². The summed E-state index contributed by atoms with van der Waals surface area (Å²) in [6.07, 6.45) is 3.80. The second-order valence-electron chi connectivity index (χ2n) is 8.98. The first kappa shape index (κ1) is 25.9. The van der Waals surface area contributed by atoms with Gasteiger partial charge >= 0.3 is 0 Å². The molecule has 7 rings (SSSR count). The summed E-state index contributed by atoms with van der Waals surface area (Å²) >= 11 is 1.72. The van der Waals surface area contributed by atoms with Gasteiger partial charge in [0, 0.05) is 43.6 Å². The first-order valence-electron chi connectivity index (χ1n) is 12.0. The molecule has 5 aromatic heterocycles. The maximum absolute atomic E-state index is 6.06. The average molecular weight is 690 g/mol. The van der Waals surface area contributed by atoms with Gasteiger partial charge < -0.3 is 14.4 Å². The summed E-state index contributed by atoms with van der Waals surface area (Å²) in [5, 5.41) is 5.48. The molecular formula is C32H23IrN3OS-2. The minimum absolute atomic E-state index is 0. The van der Waals surface area contributed by atoms with Gasteiger partial charge in [-0.2, -0.15) is 0 Å².